The Morgan fingerprint density at radius 1 is 1.22 bits per heavy atom. The van der Waals surface area contributed by atoms with Crippen LogP contribution >= 0.6 is 0 Å². The number of aromatic nitrogens is 3. The van der Waals surface area contributed by atoms with Crippen molar-refractivity contribution in [3.05, 3.63) is 11.9 Å². The van der Waals surface area contributed by atoms with Crippen LogP contribution in [0.4, 0.5) is 0 Å². The maximum Gasteiger partial charge on any atom is 0.275 e. The summed E-state index contributed by atoms with van der Waals surface area (Å²) in [4.78, 5) is 16.7. The summed E-state index contributed by atoms with van der Waals surface area (Å²) < 4.78 is 1.92. The van der Waals surface area contributed by atoms with Crippen molar-refractivity contribution in [3.63, 3.8) is 0 Å². The van der Waals surface area contributed by atoms with Gasteiger partial charge in [-0.15, -0.1) is 5.10 Å². The van der Waals surface area contributed by atoms with Crippen molar-refractivity contribution in [1.29, 1.82) is 0 Å². The molecule has 1 aliphatic heterocycles. The molecule has 1 atom stereocenters. The first-order valence-corrected chi connectivity index (χ1v) is 9.02. The number of likely N-dealkylation sites (N-methyl/N-ethyl adjacent to an activating group) is 2. The zero-order chi connectivity index (χ0) is 16.2. The van der Waals surface area contributed by atoms with Gasteiger partial charge in [0.25, 0.3) is 5.91 Å². The van der Waals surface area contributed by atoms with Crippen LogP contribution in [-0.2, 0) is 0 Å². The smallest absolute Gasteiger partial charge is 0.275 e. The van der Waals surface area contributed by atoms with Gasteiger partial charge < -0.3 is 9.80 Å². The first-order chi connectivity index (χ1) is 11.1. The summed E-state index contributed by atoms with van der Waals surface area (Å²) in [5, 5.41) is 8.39. The minimum Gasteiger partial charge on any atom is -0.339 e. The fourth-order valence-corrected chi connectivity index (χ4v) is 3.88. The highest BCUT2D eigenvalue weighted by Gasteiger charge is 2.26. The molecule has 0 aromatic carbocycles. The summed E-state index contributed by atoms with van der Waals surface area (Å²) in [5.74, 6) is -0.00910. The van der Waals surface area contributed by atoms with Crippen LogP contribution in [0.5, 0.6) is 0 Å². The third-order valence-corrected chi connectivity index (χ3v) is 5.43. The Morgan fingerprint density at radius 2 is 1.96 bits per heavy atom. The maximum atomic E-state index is 12.6. The van der Waals surface area contributed by atoms with Crippen LogP contribution in [0.25, 0.3) is 0 Å². The molecule has 0 spiro atoms. The van der Waals surface area contributed by atoms with E-state index in [2.05, 4.69) is 22.3 Å². The second kappa shape index (κ2) is 7.43. The van der Waals surface area contributed by atoms with E-state index in [0.29, 0.717) is 17.8 Å². The standard InChI is InChI=1S/C17H29N5O/c1-20-11-7-10-15(20)12-21(2)17(23)16-13-22(19-18-16)14-8-5-3-4-6-9-14/h13-15H,3-12H2,1-2H3. The molecule has 6 nitrogen and oxygen atoms in total. The quantitative estimate of drug-likeness (QED) is 0.799. The Kier molecular flexibility index (Phi) is 5.30. The van der Waals surface area contributed by atoms with Gasteiger partial charge in [0.05, 0.1) is 12.2 Å². The van der Waals surface area contributed by atoms with Crippen LogP contribution in [0.15, 0.2) is 6.20 Å². The largest absolute Gasteiger partial charge is 0.339 e. The summed E-state index contributed by atoms with van der Waals surface area (Å²) in [5.41, 5.74) is 0.484. The molecule has 128 valence electrons. The Morgan fingerprint density at radius 3 is 2.61 bits per heavy atom. The van der Waals surface area contributed by atoms with E-state index in [-0.39, 0.29) is 5.91 Å². The zero-order valence-corrected chi connectivity index (χ0v) is 14.4. The third kappa shape index (κ3) is 3.91. The number of carbonyl (C=O) groups is 1. The molecule has 1 aromatic heterocycles. The summed E-state index contributed by atoms with van der Waals surface area (Å²) >= 11 is 0. The molecule has 0 bridgehead atoms. The number of carbonyl (C=O) groups excluding carboxylic acids is 1. The Hall–Kier alpha value is -1.43. The summed E-state index contributed by atoms with van der Waals surface area (Å²) in [7, 11) is 4.01. The number of amides is 1. The lowest BCUT2D eigenvalue weighted by Gasteiger charge is -2.25. The summed E-state index contributed by atoms with van der Waals surface area (Å²) in [6.07, 6.45) is 11.7. The molecule has 1 aromatic rings. The van der Waals surface area contributed by atoms with E-state index in [1.165, 1.54) is 38.5 Å². The molecular formula is C17H29N5O. The Bertz CT molecular complexity index is 521. The monoisotopic (exact) mass is 319 g/mol. The Balaban J connectivity index is 1.61. The van der Waals surface area contributed by atoms with Gasteiger partial charge in [-0.1, -0.05) is 30.9 Å². The number of rotatable bonds is 4. The second-order valence-corrected chi connectivity index (χ2v) is 7.19. The van der Waals surface area contributed by atoms with Crippen LogP contribution in [0.1, 0.15) is 67.9 Å². The molecule has 6 heteroatoms. The minimum absolute atomic E-state index is 0.00910. The fourth-order valence-electron chi connectivity index (χ4n) is 3.88. The number of nitrogens with zero attached hydrogens (tertiary/aromatic N) is 5. The lowest BCUT2D eigenvalue weighted by atomic mass is 10.1. The van der Waals surface area contributed by atoms with E-state index in [9.17, 15) is 4.79 Å². The van der Waals surface area contributed by atoms with Crippen molar-refractivity contribution < 1.29 is 4.79 Å². The number of likely N-dealkylation sites (tertiary alicyclic amines) is 1. The van der Waals surface area contributed by atoms with Crippen LogP contribution in [0.3, 0.4) is 0 Å². The Labute approximate surface area is 138 Å². The van der Waals surface area contributed by atoms with Gasteiger partial charge in [-0.2, -0.15) is 0 Å². The van der Waals surface area contributed by atoms with Gasteiger partial charge in [0.2, 0.25) is 0 Å². The molecule has 2 heterocycles. The SMILES string of the molecule is CN(CC1CCCN1C)C(=O)c1cn(C2CCCCCC2)nn1. The number of hydrogen-bond donors (Lipinski definition) is 0. The van der Waals surface area contributed by atoms with Gasteiger partial charge in [-0.3, -0.25) is 4.79 Å². The van der Waals surface area contributed by atoms with Gasteiger partial charge in [0, 0.05) is 19.6 Å². The molecule has 2 fully saturated rings. The molecule has 23 heavy (non-hydrogen) atoms. The van der Waals surface area contributed by atoms with E-state index in [1.807, 2.05) is 17.9 Å². The van der Waals surface area contributed by atoms with E-state index < -0.39 is 0 Å². The van der Waals surface area contributed by atoms with Crippen molar-refractivity contribution in [2.45, 2.75) is 63.5 Å². The van der Waals surface area contributed by atoms with E-state index in [4.69, 9.17) is 0 Å². The molecule has 0 radical (unpaired) electrons. The van der Waals surface area contributed by atoms with Gasteiger partial charge in [0.1, 0.15) is 0 Å². The zero-order valence-electron chi connectivity index (χ0n) is 14.4. The van der Waals surface area contributed by atoms with Crippen molar-refractivity contribution in [2.24, 2.45) is 0 Å². The highest BCUT2D eigenvalue weighted by atomic mass is 16.2. The molecule has 3 rings (SSSR count). The van der Waals surface area contributed by atoms with Crippen LogP contribution in [-0.4, -0.2) is 63.9 Å². The van der Waals surface area contributed by atoms with Crippen molar-refractivity contribution in [3.8, 4) is 0 Å². The van der Waals surface area contributed by atoms with Crippen LogP contribution in [0, 0.1) is 0 Å². The predicted octanol–water partition coefficient (Wildman–Crippen LogP) is 2.34. The molecule has 0 N–H and O–H groups in total. The second-order valence-electron chi connectivity index (χ2n) is 7.19. The average Bonchev–Trinajstić information content (AvgIpc) is 3.09. The molecule has 1 saturated heterocycles. The maximum absolute atomic E-state index is 12.6. The molecule has 1 saturated carbocycles. The summed E-state index contributed by atoms with van der Waals surface area (Å²) in [6.45, 7) is 1.90. The minimum atomic E-state index is -0.00910. The van der Waals surface area contributed by atoms with Crippen molar-refractivity contribution in [1.82, 2.24) is 24.8 Å². The van der Waals surface area contributed by atoms with E-state index >= 15 is 0 Å². The fraction of sp³-hybridized carbons (Fsp3) is 0.824. The third-order valence-electron chi connectivity index (χ3n) is 5.43. The summed E-state index contributed by atoms with van der Waals surface area (Å²) in [6, 6.07) is 0.888. The van der Waals surface area contributed by atoms with E-state index in [1.54, 1.807) is 4.90 Å². The normalized spacial score (nSPS) is 23.8. The molecular weight excluding hydrogens is 290 g/mol. The van der Waals surface area contributed by atoms with Crippen molar-refractivity contribution in [2.75, 3.05) is 27.2 Å². The van der Waals surface area contributed by atoms with Crippen LogP contribution < -0.4 is 0 Å². The average molecular weight is 319 g/mol. The molecule has 2 aliphatic rings. The topological polar surface area (TPSA) is 54.3 Å². The molecule has 1 aliphatic carbocycles. The lowest BCUT2D eigenvalue weighted by Crippen LogP contribution is -2.39. The molecule has 1 unspecified atom stereocenters. The van der Waals surface area contributed by atoms with Gasteiger partial charge >= 0.3 is 0 Å². The van der Waals surface area contributed by atoms with Gasteiger partial charge in [-0.05, 0) is 39.3 Å². The van der Waals surface area contributed by atoms with Gasteiger partial charge in [0.15, 0.2) is 5.69 Å². The van der Waals surface area contributed by atoms with E-state index in [0.717, 1.165) is 25.9 Å². The highest BCUT2D eigenvalue weighted by Crippen LogP contribution is 2.26. The predicted molar refractivity (Wildman–Crippen MR) is 89.4 cm³/mol. The van der Waals surface area contributed by atoms with Crippen molar-refractivity contribution >= 4 is 5.91 Å². The van der Waals surface area contributed by atoms with Gasteiger partial charge in [-0.25, -0.2) is 4.68 Å². The number of hydrogen-bond acceptors (Lipinski definition) is 4. The first-order valence-electron chi connectivity index (χ1n) is 9.02. The lowest BCUT2D eigenvalue weighted by molar-refractivity contribution is 0.0755. The first kappa shape index (κ1) is 16.4. The molecule has 1 amide bonds. The van der Waals surface area contributed by atoms with Crippen LogP contribution in [0.2, 0.25) is 0 Å². The highest BCUT2D eigenvalue weighted by molar-refractivity contribution is 5.91.